The van der Waals surface area contributed by atoms with Gasteiger partial charge in [0.05, 0.1) is 35.5 Å². The minimum absolute atomic E-state index is 0.0912. The highest BCUT2D eigenvalue weighted by Gasteiger charge is 2.56. The average molecular weight is 647 g/mol. The number of benzene rings is 1. The van der Waals surface area contributed by atoms with Crippen LogP contribution in [0.3, 0.4) is 0 Å². The number of aromatic nitrogens is 3. The first kappa shape index (κ1) is 31.6. The van der Waals surface area contributed by atoms with E-state index in [2.05, 4.69) is 19.2 Å². The van der Waals surface area contributed by atoms with Crippen LogP contribution in [0, 0.1) is 17.8 Å². The third kappa shape index (κ3) is 6.20. The number of methoxy groups -OCH3 is 1. The minimum atomic E-state index is -0.993. The molecule has 5 atom stereocenters. The fraction of sp³-hybridized carbons (Fsp3) is 0.485. The Morgan fingerprint density at radius 2 is 1.98 bits per heavy atom. The Balaban J connectivity index is 1.34. The molecule has 2 fully saturated rings. The number of thiazole rings is 1. The van der Waals surface area contributed by atoms with Crippen molar-refractivity contribution in [2.45, 2.75) is 69.9 Å². The number of carbonyl (C=O) groups excluding carboxylic acids is 4. The van der Waals surface area contributed by atoms with Gasteiger partial charge in [0.2, 0.25) is 17.7 Å². The summed E-state index contributed by atoms with van der Waals surface area (Å²) in [6.45, 7) is 4.29. The zero-order valence-electron chi connectivity index (χ0n) is 26.1. The molecule has 1 aliphatic heterocycles. The maximum absolute atomic E-state index is 13.9. The number of hydrogen-bond acceptors (Lipinski definition) is 10. The Morgan fingerprint density at radius 1 is 1.17 bits per heavy atom. The molecule has 3 N–H and O–H groups in total. The Kier molecular flexibility index (Phi) is 8.78. The summed E-state index contributed by atoms with van der Waals surface area (Å²) in [5.41, 5.74) is 6.19. The van der Waals surface area contributed by atoms with Gasteiger partial charge in [-0.15, -0.1) is 11.3 Å². The van der Waals surface area contributed by atoms with Gasteiger partial charge in [-0.25, -0.2) is 14.8 Å². The number of amides is 4. The summed E-state index contributed by atoms with van der Waals surface area (Å²) in [4.78, 5) is 67.5. The summed E-state index contributed by atoms with van der Waals surface area (Å²) in [7, 11) is 1.58. The molecular formula is C33H38N6O6S. The molecule has 12 nitrogen and oxygen atoms in total. The number of nitrogens with one attached hydrogen (secondary N) is 1. The number of carbonyl (C=O) groups is 4. The smallest absolute Gasteiger partial charge is 0.321 e. The second-order valence-electron chi connectivity index (χ2n) is 12.6. The van der Waals surface area contributed by atoms with E-state index in [-0.39, 0.29) is 37.1 Å². The number of nitrogens with zero attached hydrogens (tertiary/aromatic N) is 4. The molecule has 3 aliphatic rings. The summed E-state index contributed by atoms with van der Waals surface area (Å²) >= 11 is 1.44. The molecule has 0 saturated heterocycles. The normalized spacial score (nSPS) is 27.3. The van der Waals surface area contributed by atoms with Crippen LogP contribution in [0.25, 0.3) is 21.7 Å². The van der Waals surface area contributed by atoms with Crippen LogP contribution in [0.2, 0.25) is 0 Å². The van der Waals surface area contributed by atoms with Gasteiger partial charge in [0, 0.05) is 23.9 Å². The molecular weight excluding hydrogens is 608 g/mol. The maximum Gasteiger partial charge on any atom is 0.321 e. The van der Waals surface area contributed by atoms with Gasteiger partial charge >= 0.3 is 6.03 Å². The maximum atomic E-state index is 13.9. The summed E-state index contributed by atoms with van der Waals surface area (Å²) in [5, 5.41) is 6.17. The van der Waals surface area contributed by atoms with Crippen molar-refractivity contribution in [2.24, 2.45) is 23.5 Å². The second kappa shape index (κ2) is 12.8. The van der Waals surface area contributed by atoms with Crippen LogP contribution in [0.1, 0.15) is 64.0 Å². The molecule has 13 heteroatoms. The Morgan fingerprint density at radius 3 is 2.70 bits per heavy atom. The summed E-state index contributed by atoms with van der Waals surface area (Å²) in [6, 6.07) is 4.53. The van der Waals surface area contributed by atoms with Crippen LogP contribution >= 0.6 is 11.3 Å². The number of rotatable bonds is 6. The monoisotopic (exact) mass is 646 g/mol. The van der Waals surface area contributed by atoms with Crippen molar-refractivity contribution in [3.8, 4) is 22.5 Å². The van der Waals surface area contributed by atoms with Crippen LogP contribution in [0.5, 0.6) is 11.6 Å². The van der Waals surface area contributed by atoms with Gasteiger partial charge in [0.15, 0.2) is 10.8 Å². The zero-order valence-corrected chi connectivity index (χ0v) is 26.9. The van der Waals surface area contributed by atoms with Crippen LogP contribution < -0.4 is 20.5 Å². The van der Waals surface area contributed by atoms with Gasteiger partial charge in [0.25, 0.3) is 0 Å². The van der Waals surface area contributed by atoms with Gasteiger partial charge in [-0.2, -0.15) is 4.98 Å². The largest absolute Gasteiger partial charge is 0.497 e. The van der Waals surface area contributed by atoms with E-state index < -0.39 is 41.3 Å². The lowest BCUT2D eigenvalue weighted by Crippen LogP contribution is -2.49. The van der Waals surface area contributed by atoms with Crippen molar-refractivity contribution in [2.75, 3.05) is 13.7 Å². The molecule has 0 bridgehead atoms. The molecule has 0 spiro atoms. The number of nitrogens with two attached hydrogens (primary N) is 1. The number of aldehydes is 1. The number of allylic oxidation sites excluding steroid dienone is 1. The summed E-state index contributed by atoms with van der Waals surface area (Å²) in [6.07, 6.45) is 7.01. The molecule has 3 aromatic rings. The molecule has 1 aromatic carbocycles. The number of fused-ring (bicyclic) bond motifs is 3. The highest BCUT2D eigenvalue weighted by molar-refractivity contribution is 7.13. The lowest BCUT2D eigenvalue weighted by atomic mass is 9.93. The molecule has 4 amide bonds. The first-order chi connectivity index (χ1) is 22.1. The van der Waals surface area contributed by atoms with Gasteiger partial charge in [-0.3, -0.25) is 14.5 Å². The van der Waals surface area contributed by atoms with E-state index in [0.29, 0.717) is 40.3 Å². The quantitative estimate of drug-likeness (QED) is 0.292. The van der Waals surface area contributed by atoms with Crippen LogP contribution in [0.15, 0.2) is 35.7 Å². The van der Waals surface area contributed by atoms with Gasteiger partial charge in [0.1, 0.15) is 23.7 Å². The highest BCUT2D eigenvalue weighted by Crippen LogP contribution is 2.45. The number of imide groups is 1. The topological polar surface area (TPSA) is 167 Å². The van der Waals surface area contributed by atoms with Crippen molar-refractivity contribution < 1.29 is 28.7 Å². The van der Waals surface area contributed by atoms with E-state index in [1.165, 1.54) is 11.3 Å². The molecule has 2 aliphatic carbocycles. The Bertz CT molecular complexity index is 1710. The highest BCUT2D eigenvalue weighted by atomic mass is 32.1. The lowest BCUT2D eigenvalue weighted by Gasteiger charge is -2.26. The van der Waals surface area contributed by atoms with E-state index in [1.54, 1.807) is 25.3 Å². The molecule has 0 radical (unpaired) electrons. The van der Waals surface area contributed by atoms with Crippen molar-refractivity contribution in [1.29, 1.82) is 0 Å². The van der Waals surface area contributed by atoms with Crippen LogP contribution in [-0.4, -0.2) is 69.3 Å². The van der Waals surface area contributed by atoms with E-state index >= 15 is 0 Å². The number of hydrogen-bond donors (Lipinski definition) is 2. The van der Waals surface area contributed by atoms with Gasteiger partial charge < -0.3 is 25.3 Å². The molecule has 242 valence electrons. The Hall–Kier alpha value is -4.39. The van der Waals surface area contributed by atoms with E-state index in [9.17, 15) is 19.2 Å². The van der Waals surface area contributed by atoms with Crippen molar-refractivity contribution in [3.05, 3.63) is 41.4 Å². The first-order valence-corrected chi connectivity index (χ1v) is 16.5. The molecule has 2 saturated carbocycles. The van der Waals surface area contributed by atoms with Crippen molar-refractivity contribution in [1.82, 2.24) is 25.2 Å². The standard InChI is InChI=1S/C33H38N6O6S/c1-18(2)26-16-46-30(36-26)27-35-25-14-20(44-3)9-10-22(25)29(37-27)45-21-12-23-24(13-21)31(42)39(32(34)43)11-7-5-4-6-8-19-15-33(19,17-40)38-28(23)41/h6,8-10,14,16-19,21,23-24H,4-5,7,11-13,15H2,1-3H3,(H2,34,43)(H,38,41)/b8-6+. The van der Waals surface area contributed by atoms with Crippen molar-refractivity contribution in [3.63, 3.8) is 0 Å². The van der Waals surface area contributed by atoms with Gasteiger partial charge in [-0.1, -0.05) is 26.0 Å². The van der Waals surface area contributed by atoms with Crippen LogP contribution in [0.4, 0.5) is 4.79 Å². The second-order valence-corrected chi connectivity index (χ2v) is 13.5. The number of ether oxygens (including phenoxy) is 2. The Labute approximate surface area is 270 Å². The lowest BCUT2D eigenvalue weighted by molar-refractivity contribution is -0.139. The predicted octanol–water partition coefficient (Wildman–Crippen LogP) is 4.38. The van der Waals surface area contributed by atoms with Crippen LogP contribution in [-0.2, 0) is 14.4 Å². The third-order valence-electron chi connectivity index (χ3n) is 9.15. The predicted molar refractivity (Wildman–Crippen MR) is 171 cm³/mol. The number of primary amides is 1. The third-order valence-corrected chi connectivity index (χ3v) is 10.0. The fourth-order valence-electron chi connectivity index (χ4n) is 6.35. The summed E-state index contributed by atoms with van der Waals surface area (Å²) in [5.74, 6) is -1.23. The van der Waals surface area contributed by atoms with E-state index in [4.69, 9.17) is 30.2 Å². The minimum Gasteiger partial charge on any atom is -0.497 e. The van der Waals surface area contributed by atoms with Gasteiger partial charge in [-0.05, 0) is 56.6 Å². The first-order valence-electron chi connectivity index (χ1n) is 15.7. The van der Waals surface area contributed by atoms with Crippen molar-refractivity contribution >= 4 is 46.4 Å². The molecule has 2 aromatic heterocycles. The average Bonchev–Trinajstić information content (AvgIpc) is 3.35. The zero-order chi connectivity index (χ0) is 32.6. The SMILES string of the molecule is COc1ccc2c(OC3CC4C(=O)NC5(C=O)CC5/C=C/CCCCN(C(N)=O)C(=O)C4C3)nc(-c3nc(C(C)C)cs3)nc2c1. The molecule has 6 rings (SSSR count). The molecule has 3 heterocycles. The number of urea groups is 1. The fourth-order valence-corrected chi connectivity index (χ4v) is 7.26. The van der Waals surface area contributed by atoms with E-state index in [1.807, 2.05) is 17.5 Å². The summed E-state index contributed by atoms with van der Waals surface area (Å²) < 4.78 is 12.0. The molecule has 5 unspecified atom stereocenters. The molecule has 46 heavy (non-hydrogen) atoms. The van der Waals surface area contributed by atoms with E-state index in [0.717, 1.165) is 29.7 Å².